The number of para-hydroxylation sites is 1. The van der Waals surface area contributed by atoms with Crippen LogP contribution in [0.15, 0.2) is 99.7 Å². The van der Waals surface area contributed by atoms with E-state index in [0.717, 1.165) is 27.5 Å². The highest BCUT2D eigenvalue weighted by molar-refractivity contribution is 6.68. The highest BCUT2D eigenvalue weighted by Gasteiger charge is 2.29. The number of aliphatic imine (C=N–C) groups is 1. The van der Waals surface area contributed by atoms with Crippen LogP contribution in [0.4, 0.5) is 0 Å². The Kier molecular flexibility index (Phi) is 16.9. The summed E-state index contributed by atoms with van der Waals surface area (Å²) in [5.74, 6) is 0.562. The Labute approximate surface area is 316 Å². The highest BCUT2D eigenvalue weighted by atomic mass is 35.6. The second-order valence-corrected chi connectivity index (χ2v) is 15.0. The molecule has 1 aliphatic heterocycles. The van der Waals surface area contributed by atoms with Gasteiger partial charge in [-0.2, -0.15) is 0 Å². The Morgan fingerprint density at radius 2 is 1.31 bits per heavy atom. The molecule has 0 aliphatic carbocycles. The third-order valence-electron chi connectivity index (χ3n) is 6.26. The van der Waals surface area contributed by atoms with Crippen LogP contribution < -0.4 is 16.1 Å². The quantitative estimate of drug-likeness (QED) is 0.146. The van der Waals surface area contributed by atoms with E-state index in [1.165, 1.54) is 5.06 Å². The smallest absolute Gasteiger partial charge is 0.271 e. The van der Waals surface area contributed by atoms with Crippen molar-refractivity contribution in [2.75, 3.05) is 13.6 Å². The number of hydrogen-bond donors (Lipinski definition) is 5. The molecule has 3 aromatic carbocycles. The maximum Gasteiger partial charge on any atom is 0.271 e. The zero-order valence-corrected chi connectivity index (χ0v) is 31.3. The average Bonchev–Trinajstić information content (AvgIpc) is 3.19. The topological polar surface area (TPSA) is 156 Å². The van der Waals surface area contributed by atoms with Crippen LogP contribution in [0.3, 0.4) is 0 Å². The summed E-state index contributed by atoms with van der Waals surface area (Å²) in [6.07, 6.45) is -3.81. The predicted molar refractivity (Wildman–Crippen MR) is 196 cm³/mol. The molecule has 0 fully saturated rings. The van der Waals surface area contributed by atoms with E-state index < -0.39 is 20.2 Å². The zero-order valence-electron chi connectivity index (χ0n) is 26.0. The standard InChI is InChI=1S/C16H14ClN3O.C11H12N2O.2C2H3Cl3O2/c1-18-15-10-20(21)16(11-5-3-2-4-6-11)13-9-12(17)7-8-14(13)19-15;1-9-8-11(14)13(12(9)2)10-6-4-3-5-7-10;2*3-2(4,5)1(6)7/h2-9,21H,10H2,1H3;3-8H,1-2H3;2*1,6-7H. The van der Waals surface area contributed by atoms with E-state index >= 15 is 0 Å². The zero-order chi connectivity index (χ0) is 37.1. The molecule has 5 rings (SSSR count). The first-order chi connectivity index (χ1) is 22.8. The molecule has 2 heterocycles. The SMILES string of the molecule is CN=C1CN(O)C(c2ccccc2)=c2cc(Cl)ccc2=N1.Cc1cc(=O)n(-c2ccccc2)n1C.OC(O)C(Cl)(Cl)Cl.OC(O)C(Cl)(Cl)Cl. The largest absolute Gasteiger partial charge is 0.365 e. The van der Waals surface area contributed by atoms with Crippen LogP contribution >= 0.6 is 81.2 Å². The first-order valence-corrected chi connectivity index (χ1v) is 16.4. The minimum absolute atomic E-state index is 0.0104. The molecule has 0 radical (unpaired) electrons. The van der Waals surface area contributed by atoms with Crippen LogP contribution in [0.2, 0.25) is 5.02 Å². The number of aryl methyl sites for hydroxylation is 1. The second-order valence-electron chi connectivity index (χ2n) is 9.81. The number of fused-ring (bicyclic) bond motifs is 1. The van der Waals surface area contributed by atoms with E-state index in [2.05, 4.69) is 9.98 Å². The number of hydroxylamine groups is 2. The molecule has 0 bridgehead atoms. The normalized spacial score (nSPS) is 13.7. The molecule has 0 unspecified atom stereocenters. The van der Waals surface area contributed by atoms with Crippen LogP contribution in [-0.2, 0) is 7.05 Å². The number of aliphatic hydroxyl groups excluding tert-OH is 2. The first-order valence-electron chi connectivity index (χ1n) is 13.8. The van der Waals surface area contributed by atoms with Gasteiger partial charge in [0.15, 0.2) is 12.6 Å². The molecule has 0 saturated heterocycles. The van der Waals surface area contributed by atoms with Gasteiger partial charge in [0, 0.05) is 41.7 Å². The van der Waals surface area contributed by atoms with Crippen LogP contribution in [0, 0.1) is 6.92 Å². The molecule has 0 amide bonds. The van der Waals surface area contributed by atoms with Crippen LogP contribution in [0.25, 0.3) is 11.4 Å². The van der Waals surface area contributed by atoms with Gasteiger partial charge in [-0.3, -0.25) is 19.7 Å². The van der Waals surface area contributed by atoms with Gasteiger partial charge in [-0.15, -0.1) is 0 Å². The maximum atomic E-state index is 11.6. The van der Waals surface area contributed by atoms with Crippen molar-refractivity contribution in [2.24, 2.45) is 17.0 Å². The van der Waals surface area contributed by atoms with Crippen molar-refractivity contribution in [3.63, 3.8) is 0 Å². The van der Waals surface area contributed by atoms with Crippen molar-refractivity contribution < 1.29 is 25.6 Å². The van der Waals surface area contributed by atoms with Gasteiger partial charge in [0.05, 0.1) is 16.7 Å². The number of rotatable bonds is 2. The van der Waals surface area contributed by atoms with Crippen molar-refractivity contribution in [3.8, 4) is 5.69 Å². The molecule has 0 saturated carbocycles. The molecule has 266 valence electrons. The monoisotopic (exact) mass is 815 g/mol. The molecule has 4 aromatic rings. The number of aliphatic hydroxyl groups is 4. The van der Waals surface area contributed by atoms with Crippen LogP contribution in [0.1, 0.15) is 11.3 Å². The molecular weight excluding hydrogens is 787 g/mol. The molecule has 1 aromatic heterocycles. The van der Waals surface area contributed by atoms with Crippen molar-refractivity contribution in [1.29, 1.82) is 0 Å². The van der Waals surface area contributed by atoms with Gasteiger partial charge in [-0.05, 0) is 37.3 Å². The Bertz CT molecular complexity index is 1840. The molecular formula is C31H32Cl7N5O6. The Hall–Kier alpha value is -2.36. The predicted octanol–water partition coefficient (Wildman–Crippen LogP) is 4.67. The summed E-state index contributed by atoms with van der Waals surface area (Å²) in [7, 11) is 3.54. The fourth-order valence-electron chi connectivity index (χ4n) is 3.85. The fraction of sp³-hybridized carbons (Fsp3) is 0.258. The van der Waals surface area contributed by atoms with Gasteiger partial charge in [0.2, 0.25) is 7.59 Å². The van der Waals surface area contributed by atoms with Crippen molar-refractivity contribution in [3.05, 3.63) is 122 Å². The van der Waals surface area contributed by atoms with Gasteiger partial charge in [0.25, 0.3) is 5.56 Å². The van der Waals surface area contributed by atoms with Crippen molar-refractivity contribution >= 4 is 92.7 Å². The Morgan fingerprint density at radius 3 is 1.73 bits per heavy atom. The number of halogens is 7. The van der Waals surface area contributed by atoms with Crippen molar-refractivity contribution in [1.82, 2.24) is 14.4 Å². The number of aromatic nitrogens is 2. The number of benzene rings is 3. The van der Waals surface area contributed by atoms with E-state index in [-0.39, 0.29) is 12.1 Å². The van der Waals surface area contributed by atoms with Crippen molar-refractivity contribution in [2.45, 2.75) is 27.1 Å². The lowest BCUT2D eigenvalue weighted by Gasteiger charge is -2.19. The lowest BCUT2D eigenvalue weighted by Crippen LogP contribution is -2.31. The van der Waals surface area contributed by atoms with E-state index in [4.69, 9.17) is 102 Å². The maximum absolute atomic E-state index is 11.6. The lowest BCUT2D eigenvalue weighted by molar-refractivity contribution is -0.0361. The minimum atomic E-state index is -1.97. The van der Waals surface area contributed by atoms with Gasteiger partial charge < -0.3 is 20.4 Å². The molecule has 18 heteroatoms. The Balaban J connectivity index is 0.000000256. The highest BCUT2D eigenvalue weighted by Crippen LogP contribution is 2.29. The third-order valence-corrected chi connectivity index (χ3v) is 7.66. The van der Waals surface area contributed by atoms with Gasteiger partial charge in [0.1, 0.15) is 12.4 Å². The van der Waals surface area contributed by atoms with E-state index in [0.29, 0.717) is 16.6 Å². The summed E-state index contributed by atoms with van der Waals surface area (Å²) in [6.45, 7) is 2.15. The molecule has 5 N–H and O–H groups in total. The molecule has 11 nitrogen and oxygen atoms in total. The first kappa shape index (κ1) is 42.8. The fourth-order valence-corrected chi connectivity index (χ4v) is 4.02. The van der Waals surface area contributed by atoms with Gasteiger partial charge >= 0.3 is 0 Å². The molecule has 49 heavy (non-hydrogen) atoms. The van der Waals surface area contributed by atoms with E-state index in [1.54, 1.807) is 23.9 Å². The number of hydrogen-bond acceptors (Lipinski definition) is 8. The minimum Gasteiger partial charge on any atom is -0.365 e. The molecule has 0 spiro atoms. The van der Waals surface area contributed by atoms with Gasteiger partial charge in [-0.25, -0.2) is 14.7 Å². The summed E-state index contributed by atoms with van der Waals surface area (Å²) in [4.78, 5) is 20.2. The summed E-state index contributed by atoms with van der Waals surface area (Å²) in [6, 6.07) is 26.4. The summed E-state index contributed by atoms with van der Waals surface area (Å²) in [5.41, 5.74) is 3.44. The van der Waals surface area contributed by atoms with E-state index in [9.17, 15) is 10.0 Å². The Morgan fingerprint density at radius 1 is 0.816 bits per heavy atom. The second kappa shape index (κ2) is 19.3. The average molecular weight is 819 g/mol. The number of amidine groups is 1. The molecule has 1 aliphatic rings. The number of alkyl halides is 6. The summed E-state index contributed by atoms with van der Waals surface area (Å²) >= 11 is 35.5. The van der Waals surface area contributed by atoms with E-state index in [1.807, 2.05) is 91.4 Å². The number of nitrogens with zero attached hydrogens (tertiary/aromatic N) is 5. The lowest BCUT2D eigenvalue weighted by atomic mass is 10.1. The summed E-state index contributed by atoms with van der Waals surface area (Å²) < 4.78 is -0.451. The van der Waals surface area contributed by atoms with Crippen LogP contribution in [0.5, 0.6) is 0 Å². The summed E-state index contributed by atoms with van der Waals surface area (Å²) in [5, 5.41) is 46.0. The molecule has 0 atom stereocenters. The third kappa shape index (κ3) is 13.4. The van der Waals surface area contributed by atoms with Crippen LogP contribution in [-0.4, -0.2) is 79.7 Å². The van der Waals surface area contributed by atoms with Gasteiger partial charge in [-0.1, -0.05) is 130 Å².